The molecule has 0 bridgehead atoms. The molecule has 0 aliphatic carbocycles. The number of nitrogens with one attached hydrogen (secondary N) is 1. The maximum absolute atomic E-state index is 11.1. The molecule has 168 valence electrons. The summed E-state index contributed by atoms with van der Waals surface area (Å²) in [4.78, 5) is 37.6. The van der Waals surface area contributed by atoms with Crippen LogP contribution in [0.5, 0.6) is 0 Å². The lowest BCUT2D eigenvalue weighted by molar-refractivity contribution is -0.918. The molecule has 1 N–H and O–H groups in total. The lowest BCUT2D eigenvalue weighted by atomic mass is 10.1. The molecule has 2 atom stereocenters. The molecule has 1 heterocycles. The SMILES string of the molecule is CCCCCCCC1N(CC(=O)[O-])CC[NH+]1CCN(CCC(=O)[O-])CCC(=O)[O-].[H+].[H+]. The van der Waals surface area contributed by atoms with E-state index in [1.807, 2.05) is 4.90 Å². The fourth-order valence-electron chi connectivity index (χ4n) is 3.98. The molecule has 1 rings (SSSR count). The third kappa shape index (κ3) is 11.2. The lowest BCUT2D eigenvalue weighted by Crippen LogP contribution is -3.15. The Morgan fingerprint density at radius 3 is 2.14 bits per heavy atom. The first-order valence-electron chi connectivity index (χ1n) is 10.7. The Morgan fingerprint density at radius 1 is 0.966 bits per heavy atom. The van der Waals surface area contributed by atoms with Crippen molar-refractivity contribution in [3.63, 3.8) is 0 Å². The minimum absolute atomic E-state index is 0. The van der Waals surface area contributed by atoms with Gasteiger partial charge in [-0.25, -0.2) is 4.90 Å². The highest BCUT2D eigenvalue weighted by Crippen LogP contribution is 2.10. The quantitative estimate of drug-likeness (QED) is 0.241. The zero-order valence-corrected chi connectivity index (χ0v) is 17.5. The Morgan fingerprint density at radius 2 is 1.59 bits per heavy atom. The number of quaternary nitrogens is 1. The first-order valence-corrected chi connectivity index (χ1v) is 10.7. The molecule has 1 saturated heterocycles. The van der Waals surface area contributed by atoms with Crippen LogP contribution in [0.2, 0.25) is 0 Å². The van der Waals surface area contributed by atoms with Crippen LogP contribution in [0.25, 0.3) is 0 Å². The van der Waals surface area contributed by atoms with Gasteiger partial charge < -0.3 is 34.6 Å². The van der Waals surface area contributed by atoms with Crippen molar-refractivity contribution >= 4 is 17.9 Å². The molecule has 9 nitrogen and oxygen atoms in total. The zero-order valence-electron chi connectivity index (χ0n) is 19.5. The van der Waals surface area contributed by atoms with Crippen molar-refractivity contribution < 1.29 is 37.5 Å². The van der Waals surface area contributed by atoms with Crippen molar-refractivity contribution in [2.24, 2.45) is 0 Å². The van der Waals surface area contributed by atoms with Gasteiger partial charge in [0.25, 0.3) is 0 Å². The maximum Gasteiger partial charge on any atom is 1.00 e. The molecule has 1 aliphatic rings. The van der Waals surface area contributed by atoms with E-state index < -0.39 is 17.9 Å². The fourth-order valence-corrected chi connectivity index (χ4v) is 3.98. The van der Waals surface area contributed by atoms with E-state index in [9.17, 15) is 29.7 Å². The van der Waals surface area contributed by atoms with Crippen LogP contribution in [0.3, 0.4) is 0 Å². The molecule has 0 spiro atoms. The highest BCUT2D eigenvalue weighted by Gasteiger charge is 2.35. The number of nitrogens with zero attached hydrogens (tertiary/aromatic N) is 2. The van der Waals surface area contributed by atoms with E-state index in [2.05, 4.69) is 6.92 Å². The Kier molecular flexibility index (Phi) is 12.5. The highest BCUT2D eigenvalue weighted by molar-refractivity contribution is 5.66. The van der Waals surface area contributed by atoms with Gasteiger partial charge in [-0.05, 0) is 19.3 Å². The molecule has 0 aromatic rings. The van der Waals surface area contributed by atoms with Gasteiger partial charge in [0.15, 0.2) is 0 Å². The molecule has 1 fully saturated rings. The van der Waals surface area contributed by atoms with Crippen molar-refractivity contribution in [2.45, 2.75) is 64.5 Å². The van der Waals surface area contributed by atoms with Gasteiger partial charge in [-0.3, -0.25) is 4.90 Å². The molecule has 0 aromatic carbocycles. The van der Waals surface area contributed by atoms with Crippen LogP contribution >= 0.6 is 0 Å². The molecule has 9 heteroatoms. The van der Waals surface area contributed by atoms with Crippen molar-refractivity contribution in [3.05, 3.63) is 0 Å². The molecular formula is C20H37N3O6. The van der Waals surface area contributed by atoms with Crippen LogP contribution in [0.1, 0.15) is 61.1 Å². The van der Waals surface area contributed by atoms with E-state index in [4.69, 9.17) is 0 Å². The Bertz CT molecular complexity index is 509. The van der Waals surface area contributed by atoms with Crippen LogP contribution in [0, 0.1) is 0 Å². The average Bonchev–Trinajstić information content (AvgIpc) is 3.01. The number of hydrogen-bond acceptors (Lipinski definition) is 8. The van der Waals surface area contributed by atoms with Gasteiger partial charge in [0.05, 0.1) is 25.6 Å². The molecule has 2 unspecified atom stereocenters. The third-order valence-corrected chi connectivity index (χ3v) is 5.56. The highest BCUT2D eigenvalue weighted by atomic mass is 16.4. The number of carbonyl (C=O) groups excluding carboxylic acids is 3. The standard InChI is InChI=1S/C20H37N3O6/c1-2-3-4-5-6-7-17-22(14-15-23(17)16-20(28)29)13-12-21(10-8-18(24)25)11-9-19(26)27/h17H,2-16H2,1H3,(H,24,25)(H,26,27)(H,28,29). The van der Waals surface area contributed by atoms with Gasteiger partial charge in [0.1, 0.15) is 6.17 Å². The van der Waals surface area contributed by atoms with E-state index >= 15 is 0 Å². The van der Waals surface area contributed by atoms with Gasteiger partial charge in [-0.15, -0.1) is 0 Å². The van der Waals surface area contributed by atoms with Crippen molar-refractivity contribution in [3.8, 4) is 0 Å². The number of carbonyl (C=O) groups is 3. The van der Waals surface area contributed by atoms with Crippen molar-refractivity contribution in [2.75, 3.05) is 45.8 Å². The van der Waals surface area contributed by atoms with Gasteiger partial charge >= 0.3 is 2.85 Å². The first-order chi connectivity index (χ1) is 13.8. The topological polar surface area (TPSA) is 131 Å². The Labute approximate surface area is 176 Å². The fraction of sp³-hybridized carbons (Fsp3) is 0.850. The summed E-state index contributed by atoms with van der Waals surface area (Å²) in [7, 11) is 0. The smallest absolute Gasteiger partial charge is 0.550 e. The summed E-state index contributed by atoms with van der Waals surface area (Å²) in [5.74, 6) is -3.41. The van der Waals surface area contributed by atoms with Crippen molar-refractivity contribution in [1.82, 2.24) is 9.80 Å². The summed E-state index contributed by atoms with van der Waals surface area (Å²) in [5.41, 5.74) is 0. The largest absolute Gasteiger partial charge is 1.00 e. The van der Waals surface area contributed by atoms with Gasteiger partial charge in [0, 0.05) is 44.5 Å². The van der Waals surface area contributed by atoms with Gasteiger partial charge in [0.2, 0.25) is 0 Å². The molecule has 0 saturated carbocycles. The van der Waals surface area contributed by atoms with E-state index in [0.29, 0.717) is 19.6 Å². The van der Waals surface area contributed by atoms with Gasteiger partial charge in [-0.1, -0.05) is 32.6 Å². The summed E-state index contributed by atoms with van der Waals surface area (Å²) in [6, 6.07) is 0. The molecule has 1 aliphatic heterocycles. The first kappa shape index (κ1) is 25.3. The average molecular weight is 416 g/mol. The number of carboxylic acids is 3. The number of unbranched alkanes of at least 4 members (excludes halogenated alkanes) is 4. The monoisotopic (exact) mass is 415 g/mol. The van der Waals surface area contributed by atoms with E-state index in [-0.39, 0.29) is 41.5 Å². The predicted octanol–water partition coefficient (Wildman–Crippen LogP) is -3.57. The molecule has 0 radical (unpaired) electrons. The van der Waals surface area contributed by atoms with Crippen LogP contribution in [-0.4, -0.2) is 79.7 Å². The van der Waals surface area contributed by atoms with E-state index in [0.717, 1.165) is 25.8 Å². The molecule has 0 amide bonds. The van der Waals surface area contributed by atoms with Crippen LogP contribution in [-0.2, 0) is 14.4 Å². The van der Waals surface area contributed by atoms with Crippen LogP contribution in [0.15, 0.2) is 0 Å². The lowest BCUT2D eigenvalue weighted by Gasteiger charge is -2.30. The molecule has 29 heavy (non-hydrogen) atoms. The third-order valence-electron chi connectivity index (χ3n) is 5.56. The minimum Gasteiger partial charge on any atom is -0.550 e. The second-order valence-electron chi connectivity index (χ2n) is 7.81. The van der Waals surface area contributed by atoms with E-state index in [1.54, 1.807) is 4.90 Å². The number of aliphatic carboxylic acids is 3. The second-order valence-corrected chi connectivity index (χ2v) is 7.81. The zero-order chi connectivity index (χ0) is 21.6. The summed E-state index contributed by atoms with van der Waals surface area (Å²) in [6.45, 7) is 5.27. The van der Waals surface area contributed by atoms with Crippen molar-refractivity contribution in [1.29, 1.82) is 0 Å². The minimum atomic E-state index is -1.16. The van der Waals surface area contributed by atoms with Crippen LogP contribution < -0.4 is 20.2 Å². The Balaban J connectivity index is 0. The maximum atomic E-state index is 11.1. The summed E-state index contributed by atoms with van der Waals surface area (Å²) >= 11 is 0. The number of rotatable bonds is 17. The summed E-state index contributed by atoms with van der Waals surface area (Å²) in [6.07, 6.45) is 6.42. The predicted molar refractivity (Wildman–Crippen MR) is 102 cm³/mol. The Hall–Kier alpha value is -1.71. The van der Waals surface area contributed by atoms with Crippen LogP contribution in [0.4, 0.5) is 0 Å². The number of hydrogen-bond donors (Lipinski definition) is 1. The number of carboxylic acid groups (broad SMARTS) is 3. The second kappa shape index (κ2) is 14.3. The van der Waals surface area contributed by atoms with E-state index in [1.165, 1.54) is 24.2 Å². The normalized spacial score (nSPS) is 19.7. The molecule has 0 aromatic heterocycles. The van der Waals surface area contributed by atoms with Gasteiger partial charge in [-0.2, -0.15) is 0 Å². The summed E-state index contributed by atoms with van der Waals surface area (Å²) < 4.78 is 0. The molecular weight excluding hydrogens is 378 g/mol. The summed E-state index contributed by atoms with van der Waals surface area (Å²) in [5, 5.41) is 32.6.